The Morgan fingerprint density at radius 3 is 2.26 bits per heavy atom. The first-order valence-corrected chi connectivity index (χ1v) is 15.9. The normalized spacial score (nSPS) is 27.9. The average molecular weight is 490 g/mol. The second-order valence-corrected chi connectivity index (χ2v) is 17.8. The molecule has 1 N–H and O–H groups in total. The molecule has 192 valence electrons. The quantitative estimate of drug-likeness (QED) is 0.412. The molecule has 2 fully saturated rings. The van der Waals surface area contributed by atoms with Gasteiger partial charge in [0.2, 0.25) is 0 Å². The Bertz CT molecular complexity index is 814. The summed E-state index contributed by atoms with van der Waals surface area (Å²) in [6, 6.07) is 10.4. The van der Waals surface area contributed by atoms with E-state index in [1.165, 1.54) is 5.56 Å². The van der Waals surface area contributed by atoms with E-state index in [0.29, 0.717) is 31.0 Å². The monoisotopic (exact) mass is 489 g/mol. The molecule has 1 aromatic rings. The maximum Gasteiger partial charge on any atom is 0.407 e. The van der Waals surface area contributed by atoms with Crippen molar-refractivity contribution in [1.29, 1.82) is 0 Å². The molecular formula is C28H47NO4Si. The summed E-state index contributed by atoms with van der Waals surface area (Å²) < 4.78 is 13.3. The Morgan fingerprint density at radius 2 is 1.71 bits per heavy atom. The van der Waals surface area contributed by atoms with Crippen LogP contribution in [-0.4, -0.2) is 48.7 Å². The number of benzene rings is 1. The van der Waals surface area contributed by atoms with Gasteiger partial charge in [-0.25, -0.2) is 4.79 Å². The van der Waals surface area contributed by atoms with E-state index in [1.807, 2.05) is 26.8 Å². The number of amides is 1. The molecule has 0 bridgehead atoms. The van der Waals surface area contributed by atoms with E-state index in [-0.39, 0.29) is 17.2 Å². The minimum Gasteiger partial charge on any atom is -0.465 e. The number of ether oxygens (including phenoxy) is 1. The summed E-state index contributed by atoms with van der Waals surface area (Å²) in [6.45, 7) is 18.9. The third-order valence-electron chi connectivity index (χ3n) is 8.54. The molecule has 2 saturated carbocycles. The third-order valence-corrected chi connectivity index (χ3v) is 13.0. The van der Waals surface area contributed by atoms with Crippen LogP contribution in [0.2, 0.25) is 18.1 Å². The second-order valence-electron chi connectivity index (χ2n) is 13.0. The first kappa shape index (κ1) is 27.2. The van der Waals surface area contributed by atoms with Crippen molar-refractivity contribution in [2.24, 2.45) is 17.8 Å². The Balaban J connectivity index is 1.76. The maximum absolute atomic E-state index is 12.1. The number of hydrogen-bond donors (Lipinski definition) is 1. The molecule has 5 nitrogen and oxygen atoms in total. The molecule has 6 heteroatoms. The van der Waals surface area contributed by atoms with Gasteiger partial charge in [-0.15, -0.1) is 0 Å². The summed E-state index contributed by atoms with van der Waals surface area (Å²) in [7, 11) is -1.93. The van der Waals surface area contributed by atoms with E-state index < -0.39 is 19.9 Å². The van der Waals surface area contributed by atoms with Crippen LogP contribution in [0, 0.1) is 17.8 Å². The van der Waals surface area contributed by atoms with Gasteiger partial charge in [-0.3, -0.25) is 0 Å². The van der Waals surface area contributed by atoms with Gasteiger partial charge in [0.15, 0.2) is 8.32 Å². The SMILES string of the molecule is CC(C)(C)N(C(=O)O)C1CC[C@@H]2[C@@H](C1)C[C@@H](O[Si](C)(C)C(C)(C)C)[C@H]2COCc1ccccc1. The van der Waals surface area contributed by atoms with Crippen molar-refractivity contribution in [3.05, 3.63) is 35.9 Å². The lowest BCUT2D eigenvalue weighted by Crippen LogP contribution is -2.53. The Hall–Kier alpha value is -1.37. The predicted octanol–water partition coefficient (Wildman–Crippen LogP) is 7.18. The standard InChI is InChI=1S/C28H47NO4Si/c1-27(2,3)29(26(30)31)22-14-15-23-21(16-22)17-25(33-34(7,8)28(4,5)6)24(23)19-32-18-20-12-10-9-11-13-20/h9-13,21-25H,14-19H2,1-8H3,(H,30,31)/t21-,22?,23+,24-,25+/m0/s1. The van der Waals surface area contributed by atoms with Gasteiger partial charge >= 0.3 is 6.09 Å². The summed E-state index contributed by atoms with van der Waals surface area (Å²) in [5, 5.41) is 10.1. The van der Waals surface area contributed by atoms with Crippen molar-refractivity contribution >= 4 is 14.4 Å². The van der Waals surface area contributed by atoms with Gasteiger partial charge in [0, 0.05) is 17.5 Å². The lowest BCUT2D eigenvalue weighted by Gasteiger charge is -2.44. The maximum atomic E-state index is 12.1. The van der Waals surface area contributed by atoms with Crippen molar-refractivity contribution in [2.75, 3.05) is 6.61 Å². The van der Waals surface area contributed by atoms with Crippen molar-refractivity contribution in [3.63, 3.8) is 0 Å². The first-order valence-electron chi connectivity index (χ1n) is 13.0. The molecule has 0 aliphatic heterocycles. The first-order chi connectivity index (χ1) is 15.7. The second kappa shape index (κ2) is 10.3. The summed E-state index contributed by atoms with van der Waals surface area (Å²) in [4.78, 5) is 13.8. The summed E-state index contributed by atoms with van der Waals surface area (Å²) >= 11 is 0. The van der Waals surface area contributed by atoms with E-state index in [9.17, 15) is 9.90 Å². The molecule has 1 aromatic carbocycles. The summed E-state index contributed by atoms with van der Waals surface area (Å²) in [5.74, 6) is 1.40. The predicted molar refractivity (Wildman–Crippen MR) is 141 cm³/mol. The highest BCUT2D eigenvalue weighted by molar-refractivity contribution is 6.74. The molecule has 2 aliphatic carbocycles. The Morgan fingerprint density at radius 1 is 1.06 bits per heavy atom. The van der Waals surface area contributed by atoms with Crippen LogP contribution in [0.5, 0.6) is 0 Å². The van der Waals surface area contributed by atoms with Crippen LogP contribution >= 0.6 is 0 Å². The van der Waals surface area contributed by atoms with Gasteiger partial charge in [-0.2, -0.15) is 0 Å². The topological polar surface area (TPSA) is 59.0 Å². The largest absolute Gasteiger partial charge is 0.465 e. The fourth-order valence-corrected chi connectivity index (χ4v) is 7.26. The molecule has 5 atom stereocenters. The Kier molecular flexibility index (Phi) is 8.26. The number of rotatable bonds is 7. The van der Waals surface area contributed by atoms with Gasteiger partial charge in [-0.1, -0.05) is 51.1 Å². The molecule has 0 saturated heterocycles. The van der Waals surface area contributed by atoms with Gasteiger partial charge in [-0.05, 0) is 82.0 Å². The summed E-state index contributed by atoms with van der Waals surface area (Å²) in [5.41, 5.74) is 0.807. The van der Waals surface area contributed by atoms with Crippen LogP contribution in [0.1, 0.15) is 72.8 Å². The van der Waals surface area contributed by atoms with Crippen LogP contribution < -0.4 is 0 Å². The van der Waals surface area contributed by atoms with Crippen LogP contribution in [0.15, 0.2) is 30.3 Å². The minimum absolute atomic E-state index is 0.0799. The van der Waals surface area contributed by atoms with E-state index in [0.717, 1.165) is 25.7 Å². The van der Waals surface area contributed by atoms with E-state index in [2.05, 4.69) is 58.1 Å². The summed E-state index contributed by atoms with van der Waals surface area (Å²) in [6.07, 6.45) is 3.31. The molecule has 2 aliphatic rings. The Labute approximate surface area is 208 Å². The zero-order chi connectivity index (χ0) is 25.3. The van der Waals surface area contributed by atoms with Crippen LogP contribution in [0.4, 0.5) is 4.79 Å². The highest BCUT2D eigenvalue weighted by atomic mass is 28.4. The highest BCUT2D eigenvalue weighted by Gasteiger charge is 2.51. The zero-order valence-corrected chi connectivity index (χ0v) is 23.6. The number of carbonyl (C=O) groups is 1. The zero-order valence-electron chi connectivity index (χ0n) is 22.6. The van der Waals surface area contributed by atoms with Gasteiger partial charge in [0.05, 0.1) is 19.3 Å². The van der Waals surface area contributed by atoms with Crippen molar-refractivity contribution < 1.29 is 19.1 Å². The molecule has 0 heterocycles. The molecule has 3 rings (SSSR count). The van der Waals surface area contributed by atoms with Crippen LogP contribution in [0.25, 0.3) is 0 Å². The molecule has 34 heavy (non-hydrogen) atoms. The van der Waals surface area contributed by atoms with E-state index in [1.54, 1.807) is 4.90 Å². The number of fused-ring (bicyclic) bond motifs is 1. The molecule has 0 aromatic heterocycles. The molecule has 0 spiro atoms. The molecule has 1 amide bonds. The van der Waals surface area contributed by atoms with Gasteiger partial charge in [0.1, 0.15) is 0 Å². The molecule has 1 unspecified atom stereocenters. The van der Waals surface area contributed by atoms with Crippen LogP contribution in [-0.2, 0) is 15.8 Å². The van der Waals surface area contributed by atoms with Gasteiger partial charge < -0.3 is 19.2 Å². The fourth-order valence-electron chi connectivity index (χ4n) is 5.88. The van der Waals surface area contributed by atoms with Crippen LogP contribution in [0.3, 0.4) is 0 Å². The third kappa shape index (κ3) is 6.24. The number of hydrogen-bond acceptors (Lipinski definition) is 3. The number of nitrogens with zero attached hydrogens (tertiary/aromatic N) is 1. The molecular weight excluding hydrogens is 442 g/mol. The van der Waals surface area contributed by atoms with Gasteiger partial charge in [0.25, 0.3) is 0 Å². The number of carboxylic acid groups (broad SMARTS) is 1. The van der Waals surface area contributed by atoms with Crippen molar-refractivity contribution in [2.45, 2.75) is 110 Å². The fraction of sp³-hybridized carbons (Fsp3) is 0.750. The minimum atomic E-state index is -1.93. The smallest absolute Gasteiger partial charge is 0.407 e. The van der Waals surface area contributed by atoms with E-state index in [4.69, 9.17) is 9.16 Å². The van der Waals surface area contributed by atoms with E-state index >= 15 is 0 Å². The van der Waals surface area contributed by atoms with Crippen molar-refractivity contribution in [1.82, 2.24) is 4.90 Å². The lowest BCUT2D eigenvalue weighted by atomic mass is 9.75. The van der Waals surface area contributed by atoms with Crippen molar-refractivity contribution in [3.8, 4) is 0 Å². The lowest BCUT2D eigenvalue weighted by molar-refractivity contribution is 0.00749. The average Bonchev–Trinajstić information content (AvgIpc) is 3.02. The molecule has 0 radical (unpaired) electrons. The highest BCUT2D eigenvalue weighted by Crippen LogP contribution is 2.51.